The normalized spacial score (nSPS) is 12.2. The van der Waals surface area contributed by atoms with Crippen molar-refractivity contribution in [1.29, 1.82) is 0 Å². The molecule has 0 bridgehead atoms. The zero-order valence-electron chi connectivity index (χ0n) is 67.7. The summed E-state index contributed by atoms with van der Waals surface area (Å²) in [5.41, 5.74) is 15.5. The smallest absolute Gasteiger partial charge is 0.443 e. The summed E-state index contributed by atoms with van der Waals surface area (Å²) in [6, 6.07) is 53.8. The molecular weight excluding hydrogens is 2020 g/mol. The van der Waals surface area contributed by atoms with Crippen LogP contribution in [0.25, 0.3) is 73.3 Å². The third-order valence-electron chi connectivity index (χ3n) is 16.3. The van der Waals surface area contributed by atoms with E-state index in [1.54, 1.807) is 36.8 Å². The van der Waals surface area contributed by atoms with Gasteiger partial charge in [0.1, 0.15) is 37.9 Å². The van der Waals surface area contributed by atoms with Crippen molar-refractivity contribution in [3.05, 3.63) is 186 Å². The minimum atomic E-state index is -3.72. The van der Waals surface area contributed by atoms with Gasteiger partial charge in [0.05, 0.1) is 62.3 Å². The number of alkyl halides is 4. The number of rotatable bonds is 16. The molecule has 1 saturated heterocycles. The summed E-state index contributed by atoms with van der Waals surface area (Å²) >= 11 is 28.6. The molecule has 1 aliphatic heterocycles. The highest BCUT2D eigenvalue weighted by molar-refractivity contribution is 9.11. The van der Waals surface area contributed by atoms with Gasteiger partial charge in [-0.25, -0.2) is 47.1 Å². The lowest BCUT2D eigenvalue weighted by Gasteiger charge is -2.32. The predicted molar refractivity (Wildman–Crippen MR) is 526 cm³/mol. The zero-order valence-corrected chi connectivity index (χ0v) is 82.9. The van der Waals surface area contributed by atoms with Crippen LogP contribution >= 0.6 is 187 Å². The van der Waals surface area contributed by atoms with Gasteiger partial charge in [0.2, 0.25) is 0 Å². The van der Waals surface area contributed by atoms with E-state index in [-0.39, 0.29) is 81.0 Å². The summed E-state index contributed by atoms with van der Waals surface area (Å²) in [5.74, 6) is 0. The summed E-state index contributed by atoms with van der Waals surface area (Å²) < 4.78 is 98.3. The standard InChI is InChI=1S/C21H24FN3O2S.C18H28BNO4.C16H16FN3S.C9H8BrFN2S.C7H3BrClNS.C7H4BrNS2.C2H6FN.Cl2O2S.3ClH/c1-21(2,3)27-20(26)25(4)16-8-5-14(6-9-16)15-7-10-18-17(13-15)24-19(28-18)23-12-11-22;1-16(2,3)22-15(21)20(8)14-11-9-13(10-12-14)19-23-17(4,5)18(6,7)24-19;1-18-13-5-2-11(3-6-13)12-4-7-15-14(10-12)20-16(21-15)19-9-8-17;10-6-1-2-8-7(5-6)13-9(14-8)12-4-3-11;8-4-1-2-6-5(3-4)10-7(9)11-6;8-4-1-2-6-5(3-4)9-7(10)11-6;3-1-2-4;1-5(2,3)4;;;/h5-10,13H,11-12H2,1-4H3,(H,23,24);9-12H,1-8H3;2-7,10,18H,8-9H2,1H3,(H,19,20);1-2,5H,3-4H2,(H,12,13);1-3H;1-3H,(H,9,10);1-2,4H2;;3*1H. The Labute approximate surface area is 785 Å². The second kappa shape index (κ2) is 50.3. The zero-order chi connectivity index (χ0) is 86.9. The molecule has 0 aliphatic carbocycles. The lowest BCUT2D eigenvalue weighted by Crippen LogP contribution is -2.41. The molecule has 656 valence electrons. The Morgan fingerprint density at radius 1 is 0.529 bits per heavy atom. The van der Waals surface area contributed by atoms with Crippen LogP contribution in [0.4, 0.5) is 59.6 Å². The number of halogens is 13. The first-order valence-corrected chi connectivity index (χ1v) is 46.4. The van der Waals surface area contributed by atoms with Crippen LogP contribution in [0.1, 0.15) is 69.2 Å². The average molecular weight is 2110 g/mol. The van der Waals surface area contributed by atoms with Crippen molar-refractivity contribution >= 4 is 303 Å². The lowest BCUT2D eigenvalue weighted by atomic mass is 9.79. The number of nitrogens with zero attached hydrogens (tertiary/aromatic N) is 6. The molecule has 0 saturated carbocycles. The van der Waals surface area contributed by atoms with Crippen molar-refractivity contribution in [3.8, 4) is 22.3 Å². The van der Waals surface area contributed by atoms with E-state index in [0.29, 0.717) is 17.6 Å². The second-order valence-corrected chi connectivity index (χ2v) is 40.9. The van der Waals surface area contributed by atoms with Crippen LogP contribution in [-0.2, 0) is 27.0 Å². The van der Waals surface area contributed by atoms with Gasteiger partial charge in [-0.3, -0.25) is 9.80 Å². The number of nitrogens with two attached hydrogens (primary N) is 1. The quantitative estimate of drug-likeness (QED) is 0.0228. The number of benzene rings is 8. The van der Waals surface area contributed by atoms with Gasteiger partial charge >= 0.3 is 27.6 Å². The monoisotopic (exact) mass is 2110 g/mol. The molecule has 1 aliphatic rings. The van der Waals surface area contributed by atoms with Crippen molar-refractivity contribution in [2.45, 2.75) is 91.6 Å². The highest BCUT2D eigenvalue weighted by Gasteiger charge is 2.51. The Hall–Kier alpha value is -6.04. The molecule has 14 rings (SSSR count). The van der Waals surface area contributed by atoms with Crippen LogP contribution in [-0.4, -0.2) is 149 Å². The highest BCUT2D eigenvalue weighted by Crippen LogP contribution is 2.38. The first kappa shape index (κ1) is 107. The molecule has 5 aromatic heterocycles. The Morgan fingerprint density at radius 2 is 0.860 bits per heavy atom. The van der Waals surface area contributed by atoms with Crippen LogP contribution in [0.3, 0.4) is 0 Å². The van der Waals surface area contributed by atoms with E-state index >= 15 is 0 Å². The molecule has 0 radical (unpaired) electrons. The van der Waals surface area contributed by atoms with Crippen molar-refractivity contribution in [2.75, 3.05) is 105 Å². The average Bonchev–Trinajstić information content (AvgIpc) is 1.62. The van der Waals surface area contributed by atoms with Crippen LogP contribution in [0, 0.1) is 3.95 Å². The number of H-pyrrole nitrogens is 1. The minimum absolute atomic E-state index is 0. The fourth-order valence-corrected chi connectivity index (χ4v) is 15.8. The van der Waals surface area contributed by atoms with Gasteiger partial charge < -0.3 is 50.8 Å². The number of fused-ring (bicyclic) bond motifs is 5. The Bertz CT molecular complexity index is 5580. The predicted octanol–water partition coefficient (Wildman–Crippen LogP) is 26.2. The molecule has 2 amide bonds. The maximum Gasteiger partial charge on any atom is 0.494 e. The molecule has 6 heterocycles. The summed E-state index contributed by atoms with van der Waals surface area (Å²) in [6.45, 7) is 18.6. The topological polar surface area (TPSA) is 253 Å². The van der Waals surface area contributed by atoms with Gasteiger partial charge in [0.15, 0.2) is 23.8 Å². The van der Waals surface area contributed by atoms with Gasteiger partial charge in [-0.1, -0.05) is 142 Å². The van der Waals surface area contributed by atoms with Crippen LogP contribution in [0.5, 0.6) is 0 Å². The molecule has 1 fully saturated rings. The Balaban J connectivity index is 0.000000305. The molecule has 41 heteroatoms. The van der Waals surface area contributed by atoms with E-state index in [9.17, 15) is 27.2 Å². The summed E-state index contributed by atoms with van der Waals surface area (Å²) in [6.07, 6.45) is -0.775. The highest BCUT2D eigenvalue weighted by atomic mass is 79.9. The third-order valence-corrected chi connectivity index (χ3v) is 23.1. The van der Waals surface area contributed by atoms with Crippen LogP contribution in [0.15, 0.2) is 177 Å². The number of hydrogen-bond donors (Lipinski definition) is 6. The van der Waals surface area contributed by atoms with Crippen LogP contribution in [0.2, 0.25) is 4.47 Å². The number of aromatic nitrogens is 5. The van der Waals surface area contributed by atoms with Gasteiger partial charge in [-0.05, 0) is 224 Å². The summed E-state index contributed by atoms with van der Waals surface area (Å²) in [5, 5.41) is 14.2. The molecular formula is C80H92BBr3Cl6F4N12O8S7. The van der Waals surface area contributed by atoms with Crippen LogP contribution < -0.4 is 42.3 Å². The van der Waals surface area contributed by atoms with Gasteiger partial charge in [-0.15, -0.1) is 59.9 Å². The SMILES string of the molecule is CN(C(=O)OC(C)(C)C)c1ccc(-c2ccc3sc(NCCF)nc3c2)cc1.CN(C(=O)OC(C)(C)C)c1ccc(B2OC(C)(C)C(C)(C)O2)cc1.CNc1ccc(-c2ccc3sc(NCCF)nc3c2)cc1.Cl.Cl.Cl.Clc1nc2cc(Br)ccc2s1.FCCNc1nc2cc(Br)ccc2s1.NCCF.O=S(=O)(Cl)Cl.S=c1[nH]c2cc(Br)ccc2s1. The van der Waals surface area contributed by atoms with Gasteiger partial charge in [-0.2, -0.15) is 8.42 Å². The maximum absolute atomic E-state index is 12.3. The van der Waals surface area contributed by atoms with E-state index in [0.717, 1.165) is 124 Å². The lowest BCUT2D eigenvalue weighted by molar-refractivity contribution is 0.00578. The molecule has 7 N–H and O–H groups in total. The van der Waals surface area contributed by atoms with E-state index in [1.807, 2.05) is 192 Å². The number of carbonyl (C=O) groups is 2. The van der Waals surface area contributed by atoms with E-state index in [1.165, 1.54) is 48.5 Å². The number of hydrogen-bond acceptors (Lipinski definition) is 23. The van der Waals surface area contributed by atoms with Crippen molar-refractivity contribution in [2.24, 2.45) is 5.73 Å². The second-order valence-electron chi connectivity index (χ2n) is 28.1. The number of ether oxygens (including phenoxy) is 2. The fraction of sp³-hybridized carbons (Fsp3) is 0.312. The molecule has 0 unspecified atom stereocenters. The number of amides is 2. The largest absolute Gasteiger partial charge is 0.494 e. The number of thiazole rings is 5. The Kier molecular flexibility index (Phi) is 44.6. The number of carbonyl (C=O) groups excluding carboxylic acids is 2. The van der Waals surface area contributed by atoms with Crippen molar-refractivity contribution in [3.63, 3.8) is 0 Å². The van der Waals surface area contributed by atoms with Crippen molar-refractivity contribution in [1.82, 2.24) is 24.9 Å². The molecule has 20 nitrogen and oxygen atoms in total. The molecule has 13 aromatic rings. The van der Waals surface area contributed by atoms with Gasteiger partial charge in [0, 0.05) is 99.2 Å². The molecule has 121 heavy (non-hydrogen) atoms. The maximum atomic E-state index is 12.3. The van der Waals surface area contributed by atoms with Crippen molar-refractivity contribution < 1.29 is 54.4 Å². The minimum Gasteiger partial charge on any atom is -0.443 e. The van der Waals surface area contributed by atoms with E-state index in [2.05, 4.69) is 170 Å². The van der Waals surface area contributed by atoms with Gasteiger partial charge in [0.25, 0.3) is 0 Å². The van der Waals surface area contributed by atoms with E-state index in [4.69, 9.17) is 51.0 Å². The van der Waals surface area contributed by atoms with E-state index < -0.39 is 46.0 Å². The molecule has 0 spiro atoms. The fourth-order valence-electron chi connectivity index (χ4n) is 10.0. The first-order chi connectivity index (χ1) is 55.6. The third kappa shape index (κ3) is 35.4. The Morgan fingerprint density at radius 3 is 1.23 bits per heavy atom. The number of aromatic amines is 1. The summed E-state index contributed by atoms with van der Waals surface area (Å²) in [4.78, 5) is 47.9. The number of anilines is 6. The molecule has 0 atom stereocenters. The summed E-state index contributed by atoms with van der Waals surface area (Å²) in [7, 11) is 9.69. The molecule has 8 aromatic carbocycles. The first-order valence-electron chi connectivity index (χ1n) is 36.1. The number of nitrogens with one attached hydrogen (secondary N) is 5.